The quantitative estimate of drug-likeness (QED) is 0.381. The first-order chi connectivity index (χ1) is 17.4. The van der Waals surface area contributed by atoms with Crippen molar-refractivity contribution in [2.45, 2.75) is 46.1 Å². The van der Waals surface area contributed by atoms with Crippen LogP contribution in [0.1, 0.15) is 39.2 Å². The molecule has 0 aliphatic carbocycles. The largest absolute Gasteiger partial charge is 0.495 e. The average molecular weight is 552 g/mol. The SMILES string of the molecule is COc1ccc(N(CCCC(=O)N(CCc2ccccc2)C(C)C(=O)NCC(C)C)S(C)(=O)=O)cc1Cl. The molecule has 1 unspecified atom stereocenters. The van der Waals surface area contributed by atoms with Crippen LogP contribution in [0.25, 0.3) is 0 Å². The second kappa shape index (κ2) is 14.2. The first-order valence-electron chi connectivity index (χ1n) is 12.4. The molecule has 1 N–H and O–H groups in total. The first-order valence-corrected chi connectivity index (χ1v) is 14.6. The molecule has 37 heavy (non-hydrogen) atoms. The summed E-state index contributed by atoms with van der Waals surface area (Å²) in [6, 6.07) is 13.9. The third kappa shape index (κ3) is 9.55. The van der Waals surface area contributed by atoms with Crippen molar-refractivity contribution in [1.29, 1.82) is 0 Å². The zero-order valence-corrected chi connectivity index (χ0v) is 23.8. The van der Waals surface area contributed by atoms with Crippen molar-refractivity contribution in [2.24, 2.45) is 5.92 Å². The molecule has 2 aromatic rings. The lowest BCUT2D eigenvalue weighted by molar-refractivity contribution is -0.140. The number of halogens is 1. The van der Waals surface area contributed by atoms with Gasteiger partial charge in [0, 0.05) is 26.1 Å². The minimum absolute atomic E-state index is 0.0898. The highest BCUT2D eigenvalue weighted by molar-refractivity contribution is 7.92. The van der Waals surface area contributed by atoms with Crippen LogP contribution in [0.15, 0.2) is 48.5 Å². The second-order valence-electron chi connectivity index (χ2n) is 9.40. The molecule has 0 heterocycles. The summed E-state index contributed by atoms with van der Waals surface area (Å²) >= 11 is 6.20. The molecule has 1 atom stereocenters. The minimum atomic E-state index is -3.62. The van der Waals surface area contributed by atoms with Crippen LogP contribution in [-0.2, 0) is 26.0 Å². The third-order valence-electron chi connectivity index (χ3n) is 5.91. The van der Waals surface area contributed by atoms with Gasteiger partial charge in [-0.15, -0.1) is 0 Å². The van der Waals surface area contributed by atoms with Crippen LogP contribution in [0.3, 0.4) is 0 Å². The van der Waals surface area contributed by atoms with Crippen LogP contribution < -0.4 is 14.4 Å². The van der Waals surface area contributed by atoms with Gasteiger partial charge in [-0.2, -0.15) is 0 Å². The van der Waals surface area contributed by atoms with E-state index in [0.717, 1.165) is 11.8 Å². The number of nitrogens with zero attached hydrogens (tertiary/aromatic N) is 2. The highest BCUT2D eigenvalue weighted by atomic mass is 35.5. The van der Waals surface area contributed by atoms with Gasteiger partial charge in [0.25, 0.3) is 0 Å². The van der Waals surface area contributed by atoms with Gasteiger partial charge in [-0.25, -0.2) is 8.42 Å². The summed E-state index contributed by atoms with van der Waals surface area (Å²) in [4.78, 5) is 27.6. The highest BCUT2D eigenvalue weighted by Crippen LogP contribution is 2.30. The van der Waals surface area contributed by atoms with Crippen molar-refractivity contribution < 1.29 is 22.7 Å². The molecule has 0 fully saturated rings. The molecule has 0 aliphatic rings. The van der Waals surface area contributed by atoms with Crippen molar-refractivity contribution in [3.63, 3.8) is 0 Å². The number of carbonyl (C=O) groups is 2. The topological polar surface area (TPSA) is 96.0 Å². The number of methoxy groups -OCH3 is 1. The van der Waals surface area contributed by atoms with E-state index in [4.69, 9.17) is 16.3 Å². The zero-order chi connectivity index (χ0) is 27.6. The Hall–Kier alpha value is -2.78. The van der Waals surface area contributed by atoms with Crippen molar-refractivity contribution in [1.82, 2.24) is 10.2 Å². The Bertz CT molecular complexity index is 1140. The van der Waals surface area contributed by atoms with Gasteiger partial charge < -0.3 is 15.0 Å². The van der Waals surface area contributed by atoms with E-state index in [1.54, 1.807) is 24.0 Å². The Kier molecular flexibility index (Phi) is 11.7. The number of ether oxygens (including phenoxy) is 1. The fourth-order valence-electron chi connectivity index (χ4n) is 3.84. The van der Waals surface area contributed by atoms with Gasteiger partial charge in [0.05, 0.1) is 24.1 Å². The molecule has 10 heteroatoms. The average Bonchev–Trinajstić information content (AvgIpc) is 2.84. The number of hydrogen-bond acceptors (Lipinski definition) is 5. The van der Waals surface area contributed by atoms with Crippen LogP contribution in [0, 0.1) is 5.92 Å². The molecular weight excluding hydrogens is 514 g/mol. The Morgan fingerprint density at radius 1 is 1.05 bits per heavy atom. The Morgan fingerprint density at radius 3 is 2.30 bits per heavy atom. The third-order valence-corrected chi connectivity index (χ3v) is 7.40. The lowest BCUT2D eigenvalue weighted by atomic mass is 10.1. The zero-order valence-electron chi connectivity index (χ0n) is 22.2. The monoisotopic (exact) mass is 551 g/mol. The van der Waals surface area contributed by atoms with E-state index in [1.165, 1.54) is 17.5 Å². The van der Waals surface area contributed by atoms with E-state index in [0.29, 0.717) is 30.9 Å². The predicted octanol–water partition coefficient (Wildman–Crippen LogP) is 4.13. The van der Waals surface area contributed by atoms with Crippen molar-refractivity contribution in [2.75, 3.05) is 37.3 Å². The second-order valence-corrected chi connectivity index (χ2v) is 11.7. The smallest absolute Gasteiger partial charge is 0.242 e. The van der Waals surface area contributed by atoms with Crippen LogP contribution in [0.5, 0.6) is 5.75 Å². The Morgan fingerprint density at radius 2 is 1.73 bits per heavy atom. The summed E-state index contributed by atoms with van der Waals surface area (Å²) in [7, 11) is -2.14. The van der Waals surface area contributed by atoms with Gasteiger partial charge in [0.1, 0.15) is 11.8 Å². The molecule has 0 bridgehead atoms. The van der Waals surface area contributed by atoms with Crippen LogP contribution >= 0.6 is 11.6 Å². The molecule has 0 radical (unpaired) electrons. The Labute approximate surface area is 226 Å². The van der Waals surface area contributed by atoms with Gasteiger partial charge in [-0.1, -0.05) is 55.8 Å². The fraction of sp³-hybridized carbons (Fsp3) is 0.481. The van der Waals surface area contributed by atoms with E-state index in [2.05, 4.69) is 5.32 Å². The van der Waals surface area contributed by atoms with Gasteiger partial charge >= 0.3 is 0 Å². The van der Waals surface area contributed by atoms with Crippen LogP contribution in [0.2, 0.25) is 5.02 Å². The highest BCUT2D eigenvalue weighted by Gasteiger charge is 2.26. The number of hydrogen-bond donors (Lipinski definition) is 1. The summed E-state index contributed by atoms with van der Waals surface area (Å²) in [5.41, 5.74) is 1.46. The number of carbonyl (C=O) groups excluding carboxylic acids is 2. The predicted molar refractivity (Wildman–Crippen MR) is 149 cm³/mol. The van der Waals surface area contributed by atoms with E-state index in [9.17, 15) is 18.0 Å². The van der Waals surface area contributed by atoms with E-state index < -0.39 is 16.1 Å². The number of nitrogens with one attached hydrogen (secondary N) is 1. The molecule has 0 aromatic heterocycles. The number of amides is 2. The van der Waals surface area contributed by atoms with E-state index >= 15 is 0 Å². The minimum Gasteiger partial charge on any atom is -0.495 e. The molecule has 8 nitrogen and oxygen atoms in total. The number of benzene rings is 2. The Balaban J connectivity index is 2.12. The maximum absolute atomic E-state index is 13.3. The van der Waals surface area contributed by atoms with E-state index in [-0.39, 0.29) is 42.1 Å². The van der Waals surface area contributed by atoms with E-state index in [1.807, 2.05) is 44.2 Å². The molecule has 204 valence electrons. The number of anilines is 1. The molecule has 0 saturated carbocycles. The van der Waals surface area contributed by atoms with Crippen LogP contribution in [0.4, 0.5) is 5.69 Å². The van der Waals surface area contributed by atoms with Gasteiger partial charge in [-0.3, -0.25) is 13.9 Å². The van der Waals surface area contributed by atoms with Crippen molar-refractivity contribution in [3.8, 4) is 5.75 Å². The van der Waals surface area contributed by atoms with Crippen molar-refractivity contribution in [3.05, 3.63) is 59.1 Å². The molecule has 0 spiro atoms. The molecule has 2 amide bonds. The summed E-state index contributed by atoms with van der Waals surface area (Å²) in [6.45, 7) is 6.73. The van der Waals surface area contributed by atoms with Gasteiger partial charge in [0.2, 0.25) is 21.8 Å². The maximum atomic E-state index is 13.3. The fourth-order valence-corrected chi connectivity index (χ4v) is 5.05. The molecule has 2 rings (SSSR count). The normalized spacial score (nSPS) is 12.2. The summed E-state index contributed by atoms with van der Waals surface area (Å²) < 4.78 is 31.4. The van der Waals surface area contributed by atoms with Gasteiger partial charge in [-0.05, 0) is 49.4 Å². The molecule has 2 aromatic carbocycles. The summed E-state index contributed by atoms with van der Waals surface area (Å²) in [5.74, 6) is 0.316. The van der Waals surface area contributed by atoms with Crippen molar-refractivity contribution >= 4 is 39.1 Å². The van der Waals surface area contributed by atoms with Crippen LogP contribution in [-0.4, -0.2) is 64.2 Å². The lowest BCUT2D eigenvalue weighted by Crippen LogP contribution is -2.49. The number of sulfonamides is 1. The molecule has 0 aliphatic heterocycles. The summed E-state index contributed by atoms with van der Waals surface area (Å²) in [5, 5.41) is 3.19. The molecule has 0 saturated heterocycles. The van der Waals surface area contributed by atoms with Gasteiger partial charge in [0.15, 0.2) is 0 Å². The maximum Gasteiger partial charge on any atom is 0.242 e. The molecular formula is C27H38ClN3O5S. The first kappa shape index (κ1) is 30.4. The standard InChI is InChI=1S/C27H38ClN3O5S/c1-20(2)19-29-27(33)21(3)30(17-15-22-10-7-6-8-11-22)26(32)12-9-16-31(37(5,34)35)23-13-14-25(36-4)24(28)18-23/h6-8,10-11,13-14,18,20-21H,9,12,15-17,19H2,1-5H3,(H,29,33). The lowest BCUT2D eigenvalue weighted by Gasteiger charge is -2.29. The number of rotatable bonds is 14. The summed E-state index contributed by atoms with van der Waals surface area (Å²) in [6.07, 6.45) is 2.08.